The highest BCUT2D eigenvalue weighted by Gasteiger charge is 2.06. The summed E-state index contributed by atoms with van der Waals surface area (Å²) < 4.78 is 19.6. The zero-order valence-corrected chi connectivity index (χ0v) is 12.9. The Hall–Kier alpha value is -1.72. The predicted molar refractivity (Wildman–Crippen MR) is 82.0 cm³/mol. The minimum atomic E-state index is -0.344. The molecule has 0 heterocycles. The molecule has 0 spiro atoms. The molecule has 110 valence electrons. The van der Waals surface area contributed by atoms with Crippen LogP contribution < -0.4 is 5.32 Å². The largest absolute Gasteiger partial charge is 0.367 e. The maximum Gasteiger partial charge on any atom is 0.246 e. The van der Waals surface area contributed by atoms with Crippen LogP contribution in [0.25, 0.3) is 0 Å². The first-order chi connectivity index (χ1) is 10.1. The molecule has 2 aromatic carbocycles. The van der Waals surface area contributed by atoms with Gasteiger partial charge in [-0.1, -0.05) is 46.3 Å². The van der Waals surface area contributed by atoms with Crippen molar-refractivity contribution >= 4 is 21.8 Å². The number of carbonyl (C=O) groups is 1. The van der Waals surface area contributed by atoms with Gasteiger partial charge >= 0.3 is 0 Å². The van der Waals surface area contributed by atoms with Crippen molar-refractivity contribution in [2.45, 2.75) is 13.2 Å². The van der Waals surface area contributed by atoms with Gasteiger partial charge in [-0.2, -0.15) is 0 Å². The quantitative estimate of drug-likeness (QED) is 0.865. The molecule has 0 saturated carbocycles. The van der Waals surface area contributed by atoms with Crippen LogP contribution in [0, 0.1) is 5.82 Å². The van der Waals surface area contributed by atoms with Crippen LogP contribution in [0.3, 0.4) is 0 Å². The van der Waals surface area contributed by atoms with Gasteiger partial charge in [-0.25, -0.2) is 4.39 Å². The number of carbonyl (C=O) groups excluding carboxylic acids is 1. The zero-order valence-electron chi connectivity index (χ0n) is 11.3. The Balaban J connectivity index is 1.74. The van der Waals surface area contributed by atoms with Gasteiger partial charge in [0, 0.05) is 16.6 Å². The SMILES string of the molecule is O=C(COCc1ccccc1)NCc1cc(Br)ccc1F. The van der Waals surface area contributed by atoms with E-state index in [2.05, 4.69) is 21.2 Å². The summed E-state index contributed by atoms with van der Waals surface area (Å²) in [5, 5.41) is 2.63. The third-order valence-corrected chi connectivity index (χ3v) is 3.32. The summed E-state index contributed by atoms with van der Waals surface area (Å²) in [7, 11) is 0. The fourth-order valence-electron chi connectivity index (χ4n) is 1.76. The number of nitrogens with one attached hydrogen (secondary N) is 1. The number of amides is 1. The van der Waals surface area contributed by atoms with Crippen LogP contribution in [0.4, 0.5) is 4.39 Å². The van der Waals surface area contributed by atoms with Gasteiger partial charge in [-0.3, -0.25) is 4.79 Å². The van der Waals surface area contributed by atoms with E-state index >= 15 is 0 Å². The van der Waals surface area contributed by atoms with Gasteiger partial charge in [0.05, 0.1) is 6.61 Å². The van der Waals surface area contributed by atoms with Crippen LogP contribution in [0.15, 0.2) is 53.0 Å². The third kappa shape index (κ3) is 5.28. The Bertz CT molecular complexity index is 604. The van der Waals surface area contributed by atoms with Gasteiger partial charge in [-0.05, 0) is 23.8 Å². The van der Waals surface area contributed by atoms with Crippen molar-refractivity contribution in [2.75, 3.05) is 6.61 Å². The lowest BCUT2D eigenvalue weighted by Crippen LogP contribution is -2.27. The molecule has 1 N–H and O–H groups in total. The summed E-state index contributed by atoms with van der Waals surface area (Å²) in [4.78, 5) is 11.6. The molecule has 0 unspecified atom stereocenters. The van der Waals surface area contributed by atoms with Crippen molar-refractivity contribution < 1.29 is 13.9 Å². The molecule has 1 amide bonds. The molecular formula is C16H15BrFNO2. The smallest absolute Gasteiger partial charge is 0.246 e. The number of hydrogen-bond donors (Lipinski definition) is 1. The molecule has 0 fully saturated rings. The van der Waals surface area contributed by atoms with E-state index in [1.165, 1.54) is 6.07 Å². The first kappa shape index (κ1) is 15.7. The van der Waals surface area contributed by atoms with Gasteiger partial charge in [-0.15, -0.1) is 0 Å². The summed E-state index contributed by atoms with van der Waals surface area (Å²) in [6.45, 7) is 0.461. The maximum absolute atomic E-state index is 13.5. The molecule has 0 bridgehead atoms. The van der Waals surface area contributed by atoms with Crippen LogP contribution in [-0.4, -0.2) is 12.5 Å². The second-order valence-electron chi connectivity index (χ2n) is 4.49. The zero-order chi connectivity index (χ0) is 15.1. The lowest BCUT2D eigenvalue weighted by molar-refractivity contribution is -0.126. The Morgan fingerprint density at radius 2 is 1.95 bits per heavy atom. The van der Waals surface area contributed by atoms with Gasteiger partial charge < -0.3 is 10.1 Å². The van der Waals surface area contributed by atoms with E-state index in [1.807, 2.05) is 30.3 Å². The highest BCUT2D eigenvalue weighted by atomic mass is 79.9. The lowest BCUT2D eigenvalue weighted by Gasteiger charge is -2.08. The Labute approximate surface area is 131 Å². The number of ether oxygens (including phenoxy) is 1. The minimum absolute atomic E-state index is 0.0511. The van der Waals surface area contributed by atoms with Crippen molar-refractivity contribution in [1.82, 2.24) is 5.32 Å². The van der Waals surface area contributed by atoms with Crippen LogP contribution >= 0.6 is 15.9 Å². The van der Waals surface area contributed by atoms with Crippen molar-refractivity contribution in [1.29, 1.82) is 0 Å². The summed E-state index contributed by atoms with van der Waals surface area (Å²) in [5.74, 6) is -0.617. The molecule has 0 aliphatic rings. The molecule has 3 nitrogen and oxygen atoms in total. The highest BCUT2D eigenvalue weighted by Crippen LogP contribution is 2.15. The average Bonchev–Trinajstić information content (AvgIpc) is 2.49. The molecule has 0 aliphatic heterocycles. The van der Waals surface area contributed by atoms with E-state index in [0.717, 1.165) is 10.0 Å². The number of benzene rings is 2. The predicted octanol–water partition coefficient (Wildman–Crippen LogP) is 3.42. The lowest BCUT2D eigenvalue weighted by atomic mass is 10.2. The first-order valence-electron chi connectivity index (χ1n) is 6.47. The van der Waals surface area contributed by atoms with Crippen molar-refractivity contribution in [2.24, 2.45) is 0 Å². The summed E-state index contributed by atoms with van der Waals surface area (Å²) in [6.07, 6.45) is 0. The minimum Gasteiger partial charge on any atom is -0.367 e. The molecular weight excluding hydrogens is 337 g/mol. The van der Waals surface area contributed by atoms with Crippen molar-refractivity contribution in [3.63, 3.8) is 0 Å². The second-order valence-corrected chi connectivity index (χ2v) is 5.41. The Morgan fingerprint density at radius 1 is 1.19 bits per heavy atom. The summed E-state index contributed by atoms with van der Waals surface area (Å²) in [6, 6.07) is 14.2. The number of hydrogen-bond acceptors (Lipinski definition) is 2. The molecule has 21 heavy (non-hydrogen) atoms. The summed E-state index contributed by atoms with van der Waals surface area (Å²) in [5.41, 5.74) is 1.43. The summed E-state index contributed by atoms with van der Waals surface area (Å²) >= 11 is 3.27. The van der Waals surface area contributed by atoms with E-state index in [1.54, 1.807) is 12.1 Å². The van der Waals surface area contributed by atoms with Gasteiger partial charge in [0.1, 0.15) is 12.4 Å². The van der Waals surface area contributed by atoms with E-state index in [0.29, 0.717) is 12.2 Å². The van der Waals surface area contributed by atoms with Crippen LogP contribution in [-0.2, 0) is 22.7 Å². The Kier molecular flexibility index (Phi) is 5.90. The Morgan fingerprint density at radius 3 is 2.71 bits per heavy atom. The van der Waals surface area contributed by atoms with Crippen LogP contribution in [0.5, 0.6) is 0 Å². The molecule has 2 aromatic rings. The van der Waals surface area contributed by atoms with Crippen LogP contribution in [0.2, 0.25) is 0 Å². The topological polar surface area (TPSA) is 38.3 Å². The molecule has 0 aromatic heterocycles. The number of halogens is 2. The standard InChI is InChI=1S/C16H15BrFNO2/c17-14-6-7-15(18)13(8-14)9-19-16(20)11-21-10-12-4-2-1-3-5-12/h1-8H,9-11H2,(H,19,20). The van der Waals surface area contributed by atoms with Gasteiger partial charge in [0.25, 0.3) is 0 Å². The van der Waals surface area contributed by atoms with Crippen molar-refractivity contribution in [3.8, 4) is 0 Å². The molecule has 2 rings (SSSR count). The van der Waals surface area contributed by atoms with E-state index in [-0.39, 0.29) is 24.9 Å². The second kappa shape index (κ2) is 7.90. The monoisotopic (exact) mass is 351 g/mol. The van der Waals surface area contributed by atoms with Gasteiger partial charge in [0.2, 0.25) is 5.91 Å². The fourth-order valence-corrected chi connectivity index (χ4v) is 2.17. The number of rotatable bonds is 6. The molecule has 5 heteroatoms. The van der Waals surface area contributed by atoms with E-state index in [9.17, 15) is 9.18 Å². The molecule has 0 aliphatic carbocycles. The highest BCUT2D eigenvalue weighted by molar-refractivity contribution is 9.10. The fraction of sp³-hybridized carbons (Fsp3) is 0.188. The third-order valence-electron chi connectivity index (χ3n) is 2.83. The average molecular weight is 352 g/mol. The molecule has 0 atom stereocenters. The van der Waals surface area contributed by atoms with Gasteiger partial charge in [0.15, 0.2) is 0 Å². The van der Waals surface area contributed by atoms with Crippen LogP contribution in [0.1, 0.15) is 11.1 Å². The van der Waals surface area contributed by atoms with Crippen molar-refractivity contribution in [3.05, 3.63) is 69.9 Å². The van der Waals surface area contributed by atoms with E-state index in [4.69, 9.17) is 4.74 Å². The molecule has 0 saturated heterocycles. The molecule has 0 radical (unpaired) electrons. The normalized spacial score (nSPS) is 10.4. The first-order valence-corrected chi connectivity index (χ1v) is 7.27. The van der Waals surface area contributed by atoms with E-state index < -0.39 is 0 Å². The maximum atomic E-state index is 13.5.